The molecule has 0 fully saturated rings. The number of aryl methyl sites for hydroxylation is 2. The topological polar surface area (TPSA) is 60.4 Å². The number of hydrogen-bond acceptors (Lipinski definition) is 4. The number of rotatable bonds is 0. The van der Waals surface area contributed by atoms with Crippen LogP contribution in [-0.4, -0.2) is 0 Å². The minimum Gasteiger partial charge on any atom is -0.422 e. The van der Waals surface area contributed by atoms with Gasteiger partial charge in [-0.3, -0.25) is 0 Å². The maximum absolute atomic E-state index is 12.4. The van der Waals surface area contributed by atoms with Gasteiger partial charge < -0.3 is 8.83 Å². The maximum atomic E-state index is 12.4. The van der Waals surface area contributed by atoms with Crippen LogP contribution in [-0.2, 0) is 0 Å². The number of hydrogen-bond donors (Lipinski definition) is 0. The lowest BCUT2D eigenvalue weighted by atomic mass is 10.0. The summed E-state index contributed by atoms with van der Waals surface area (Å²) in [5, 5.41) is 1.90. The number of fused-ring (bicyclic) bond motifs is 5. The van der Waals surface area contributed by atoms with Gasteiger partial charge in [-0.05, 0) is 37.1 Å². The van der Waals surface area contributed by atoms with Crippen molar-refractivity contribution in [3.05, 3.63) is 68.4 Å². The van der Waals surface area contributed by atoms with Crippen LogP contribution in [0.5, 0.6) is 0 Å². The molecule has 0 aliphatic heterocycles. The predicted molar refractivity (Wildman–Crippen MR) is 85.5 cm³/mol. The molecule has 0 aliphatic rings. The Labute approximate surface area is 124 Å². The lowest BCUT2D eigenvalue weighted by Crippen LogP contribution is -2.07. The van der Waals surface area contributed by atoms with Crippen molar-refractivity contribution in [3.63, 3.8) is 0 Å². The van der Waals surface area contributed by atoms with Gasteiger partial charge >= 0.3 is 11.3 Å². The first-order chi connectivity index (χ1) is 10.6. The molecule has 0 atom stereocenters. The Morgan fingerprint density at radius 1 is 0.773 bits per heavy atom. The van der Waals surface area contributed by atoms with Gasteiger partial charge in [-0.1, -0.05) is 24.3 Å². The third kappa shape index (κ3) is 1.64. The monoisotopic (exact) mass is 292 g/mol. The molecule has 4 rings (SSSR count). The average Bonchev–Trinajstić information content (AvgIpc) is 2.49. The van der Waals surface area contributed by atoms with Crippen LogP contribution in [0.25, 0.3) is 32.7 Å². The van der Waals surface area contributed by atoms with Gasteiger partial charge in [-0.25, -0.2) is 9.59 Å². The van der Waals surface area contributed by atoms with Gasteiger partial charge in [0.15, 0.2) is 5.58 Å². The second-order valence-corrected chi connectivity index (χ2v) is 5.49. The molecular formula is C18H12O4. The summed E-state index contributed by atoms with van der Waals surface area (Å²) in [4.78, 5) is 24.6. The van der Waals surface area contributed by atoms with Crippen LogP contribution in [0.1, 0.15) is 11.1 Å². The van der Waals surface area contributed by atoms with E-state index in [2.05, 4.69) is 0 Å². The van der Waals surface area contributed by atoms with Crippen LogP contribution in [0.4, 0.5) is 0 Å². The third-order valence-electron chi connectivity index (χ3n) is 3.90. The Morgan fingerprint density at radius 3 is 2.23 bits per heavy atom. The first-order valence-corrected chi connectivity index (χ1v) is 6.96. The molecule has 0 aliphatic carbocycles. The van der Waals surface area contributed by atoms with E-state index in [4.69, 9.17) is 8.83 Å². The maximum Gasteiger partial charge on any atom is 0.348 e. The van der Waals surface area contributed by atoms with E-state index in [0.29, 0.717) is 32.7 Å². The van der Waals surface area contributed by atoms with Crippen LogP contribution in [0.15, 0.2) is 54.8 Å². The van der Waals surface area contributed by atoms with Gasteiger partial charge in [-0.2, -0.15) is 0 Å². The van der Waals surface area contributed by atoms with Crippen LogP contribution in [0.3, 0.4) is 0 Å². The van der Waals surface area contributed by atoms with E-state index in [9.17, 15) is 9.59 Å². The van der Waals surface area contributed by atoms with E-state index in [1.807, 2.05) is 26.0 Å². The minimum atomic E-state index is -0.491. The lowest BCUT2D eigenvalue weighted by molar-refractivity contribution is 0.547. The summed E-state index contributed by atoms with van der Waals surface area (Å²) in [6.45, 7) is 3.81. The minimum absolute atomic E-state index is 0.293. The van der Waals surface area contributed by atoms with E-state index in [1.54, 1.807) is 24.3 Å². The van der Waals surface area contributed by atoms with Gasteiger partial charge in [0.2, 0.25) is 0 Å². The van der Waals surface area contributed by atoms with Crippen molar-refractivity contribution in [2.24, 2.45) is 0 Å². The van der Waals surface area contributed by atoms with E-state index in [-0.39, 0.29) is 0 Å². The first kappa shape index (κ1) is 12.8. The van der Waals surface area contributed by atoms with Crippen molar-refractivity contribution in [2.45, 2.75) is 13.8 Å². The Balaban J connectivity index is 2.43. The van der Waals surface area contributed by atoms with Gasteiger partial charge in [0.25, 0.3) is 0 Å². The highest BCUT2D eigenvalue weighted by Gasteiger charge is 2.16. The molecule has 22 heavy (non-hydrogen) atoms. The third-order valence-corrected chi connectivity index (χ3v) is 3.90. The second kappa shape index (κ2) is 4.31. The molecule has 0 spiro atoms. The lowest BCUT2D eigenvalue weighted by Gasteiger charge is -2.07. The van der Waals surface area contributed by atoms with Gasteiger partial charge in [0.05, 0.1) is 10.8 Å². The molecule has 4 heteroatoms. The van der Waals surface area contributed by atoms with E-state index in [0.717, 1.165) is 11.1 Å². The fourth-order valence-corrected chi connectivity index (χ4v) is 2.99. The average molecular weight is 292 g/mol. The Morgan fingerprint density at radius 2 is 1.45 bits per heavy atom. The SMILES string of the molecule is Cc1cc(C)c2oc(=O)c3c4ccccc4c(=O)oc3c2c1. The molecule has 2 heterocycles. The van der Waals surface area contributed by atoms with Gasteiger partial charge in [-0.15, -0.1) is 0 Å². The zero-order valence-corrected chi connectivity index (χ0v) is 12.1. The summed E-state index contributed by atoms with van der Waals surface area (Å²) in [6.07, 6.45) is 0. The Kier molecular flexibility index (Phi) is 2.51. The molecular weight excluding hydrogens is 280 g/mol. The van der Waals surface area contributed by atoms with Crippen molar-refractivity contribution < 1.29 is 8.83 Å². The normalized spacial score (nSPS) is 11.5. The molecule has 0 amide bonds. The van der Waals surface area contributed by atoms with Crippen LogP contribution in [0.2, 0.25) is 0 Å². The molecule has 0 saturated heterocycles. The smallest absolute Gasteiger partial charge is 0.348 e. The Bertz CT molecular complexity index is 1180. The highest BCUT2D eigenvalue weighted by atomic mass is 16.4. The first-order valence-electron chi connectivity index (χ1n) is 6.96. The van der Waals surface area contributed by atoms with Crippen molar-refractivity contribution in [3.8, 4) is 0 Å². The zero-order valence-electron chi connectivity index (χ0n) is 12.1. The molecule has 2 aromatic heterocycles. The van der Waals surface area contributed by atoms with Crippen molar-refractivity contribution in [2.75, 3.05) is 0 Å². The molecule has 0 radical (unpaired) electrons. The molecule has 0 N–H and O–H groups in total. The van der Waals surface area contributed by atoms with E-state index >= 15 is 0 Å². The molecule has 4 nitrogen and oxygen atoms in total. The van der Waals surface area contributed by atoms with Crippen LogP contribution >= 0.6 is 0 Å². The molecule has 0 bridgehead atoms. The van der Waals surface area contributed by atoms with Crippen molar-refractivity contribution in [1.29, 1.82) is 0 Å². The fourth-order valence-electron chi connectivity index (χ4n) is 2.99. The second-order valence-electron chi connectivity index (χ2n) is 5.49. The van der Waals surface area contributed by atoms with Gasteiger partial charge in [0.1, 0.15) is 11.0 Å². The number of benzene rings is 2. The quantitative estimate of drug-likeness (QED) is 0.366. The molecule has 0 unspecified atom stereocenters. The summed E-state index contributed by atoms with van der Waals surface area (Å²) < 4.78 is 11.0. The van der Waals surface area contributed by atoms with Crippen molar-refractivity contribution >= 4 is 32.7 Å². The van der Waals surface area contributed by atoms with Gasteiger partial charge in [0, 0.05) is 5.39 Å². The molecule has 0 saturated carbocycles. The fraction of sp³-hybridized carbons (Fsp3) is 0.111. The summed E-state index contributed by atoms with van der Waals surface area (Å²) in [6, 6.07) is 10.7. The van der Waals surface area contributed by atoms with E-state index < -0.39 is 11.3 Å². The highest BCUT2D eigenvalue weighted by molar-refractivity contribution is 6.12. The summed E-state index contributed by atoms with van der Waals surface area (Å²) in [7, 11) is 0. The molecule has 4 aromatic rings. The summed E-state index contributed by atoms with van der Waals surface area (Å²) in [5.41, 5.74) is 1.66. The largest absolute Gasteiger partial charge is 0.422 e. The molecule has 2 aromatic carbocycles. The van der Waals surface area contributed by atoms with Crippen LogP contribution in [0, 0.1) is 13.8 Å². The predicted octanol–water partition coefficient (Wildman–Crippen LogP) is 3.67. The van der Waals surface area contributed by atoms with E-state index in [1.165, 1.54) is 0 Å². The van der Waals surface area contributed by atoms with Crippen molar-refractivity contribution in [1.82, 2.24) is 0 Å². The zero-order chi connectivity index (χ0) is 15.4. The molecule has 108 valence electrons. The van der Waals surface area contributed by atoms with Crippen LogP contribution < -0.4 is 11.3 Å². The highest BCUT2D eigenvalue weighted by Crippen LogP contribution is 2.29. The Hall–Kier alpha value is -2.88. The summed E-state index contributed by atoms with van der Waals surface area (Å²) in [5.74, 6) is 0. The standard InChI is InChI=1S/C18H12O4/c1-9-7-10(2)15-13(8-9)16-14(18(20)21-15)11-5-3-4-6-12(11)17(19)22-16/h3-8H,1-2H3. The summed E-state index contributed by atoms with van der Waals surface area (Å²) >= 11 is 0.